The smallest absolute Gasteiger partial charge is 0.0383 e. The molecule has 26 heavy (non-hydrogen) atoms. The number of rotatable bonds is 16. The molecule has 0 aromatic heterocycles. The van der Waals surface area contributed by atoms with Crippen molar-refractivity contribution in [2.24, 2.45) is 23.7 Å². The van der Waals surface area contributed by atoms with Crippen LogP contribution in [0.15, 0.2) is 0 Å². The zero-order chi connectivity index (χ0) is 19.0. The lowest BCUT2D eigenvalue weighted by Gasteiger charge is -2.36. The van der Waals surface area contributed by atoms with Crippen LogP contribution in [0.3, 0.4) is 0 Å². The van der Waals surface area contributed by atoms with Crippen LogP contribution in [0.2, 0.25) is 0 Å². The summed E-state index contributed by atoms with van der Waals surface area (Å²) >= 11 is 0. The maximum absolute atomic E-state index is 2.40. The predicted molar refractivity (Wildman–Crippen MR) is 120 cm³/mol. The molecule has 1 aliphatic carbocycles. The minimum Gasteiger partial charge on any atom is -0.0654 e. The average Bonchev–Trinajstić information content (AvgIpc) is 2.64. The van der Waals surface area contributed by atoms with Crippen molar-refractivity contribution >= 4 is 0 Å². The van der Waals surface area contributed by atoms with Crippen LogP contribution in [0.1, 0.15) is 143 Å². The van der Waals surface area contributed by atoms with Crippen LogP contribution in [0, 0.1) is 23.7 Å². The highest BCUT2D eigenvalue weighted by molar-refractivity contribution is 4.80. The first-order valence-electron chi connectivity index (χ1n) is 12.7. The topological polar surface area (TPSA) is 0 Å². The molecule has 0 amide bonds. The second-order valence-electron chi connectivity index (χ2n) is 9.58. The summed E-state index contributed by atoms with van der Waals surface area (Å²) in [4.78, 5) is 0. The molecule has 0 aromatic rings. The van der Waals surface area contributed by atoms with E-state index in [-0.39, 0.29) is 0 Å². The molecular formula is C26H52. The summed E-state index contributed by atoms with van der Waals surface area (Å²) in [5.74, 6) is 4.18. The molecule has 0 nitrogen and oxygen atoms in total. The lowest BCUT2D eigenvalue weighted by molar-refractivity contribution is 0.151. The fraction of sp³-hybridized carbons (Fsp3) is 1.00. The van der Waals surface area contributed by atoms with Crippen molar-refractivity contribution in [1.82, 2.24) is 0 Å². The van der Waals surface area contributed by atoms with Gasteiger partial charge in [-0.3, -0.25) is 0 Å². The first-order valence-corrected chi connectivity index (χ1v) is 12.7. The molecule has 0 radical (unpaired) electrons. The highest BCUT2D eigenvalue weighted by atomic mass is 14.3. The molecule has 1 saturated carbocycles. The zero-order valence-corrected chi connectivity index (χ0v) is 19.0. The summed E-state index contributed by atoms with van der Waals surface area (Å²) in [6.07, 6.45) is 26.7. The van der Waals surface area contributed by atoms with E-state index in [0.717, 1.165) is 23.7 Å². The van der Waals surface area contributed by atoms with Crippen molar-refractivity contribution < 1.29 is 0 Å². The van der Waals surface area contributed by atoms with Crippen LogP contribution in [-0.2, 0) is 0 Å². The van der Waals surface area contributed by atoms with Gasteiger partial charge in [-0.2, -0.15) is 0 Å². The van der Waals surface area contributed by atoms with Gasteiger partial charge in [0, 0.05) is 0 Å². The maximum atomic E-state index is 2.40. The summed E-state index contributed by atoms with van der Waals surface area (Å²) in [7, 11) is 0. The minimum atomic E-state index is 1.03. The molecule has 0 aliphatic heterocycles. The molecule has 4 atom stereocenters. The number of unbranched alkanes of at least 4 members (excludes halogenated alkanes) is 4. The van der Waals surface area contributed by atoms with Gasteiger partial charge < -0.3 is 0 Å². The summed E-state index contributed by atoms with van der Waals surface area (Å²) in [5.41, 5.74) is 0. The number of hydrogen-bond donors (Lipinski definition) is 0. The van der Waals surface area contributed by atoms with Crippen LogP contribution in [0.5, 0.6) is 0 Å². The Kier molecular flexibility index (Phi) is 14.8. The molecule has 1 aliphatic rings. The first-order chi connectivity index (χ1) is 12.7. The molecule has 4 unspecified atom stereocenters. The van der Waals surface area contributed by atoms with Gasteiger partial charge in [0.25, 0.3) is 0 Å². The number of hydrogen-bond acceptors (Lipinski definition) is 0. The third kappa shape index (κ3) is 10.4. The molecule has 0 N–H and O–H groups in total. The summed E-state index contributed by atoms with van der Waals surface area (Å²) in [6.45, 7) is 9.49. The van der Waals surface area contributed by atoms with Crippen molar-refractivity contribution in [3.05, 3.63) is 0 Å². The van der Waals surface area contributed by atoms with E-state index in [1.165, 1.54) is 89.9 Å². The van der Waals surface area contributed by atoms with Crippen molar-refractivity contribution in [1.29, 1.82) is 0 Å². The van der Waals surface area contributed by atoms with Crippen molar-refractivity contribution in [2.45, 2.75) is 143 Å². The Bertz CT molecular complexity index is 264. The van der Waals surface area contributed by atoms with Crippen molar-refractivity contribution in [3.63, 3.8) is 0 Å². The van der Waals surface area contributed by atoms with E-state index in [1.807, 2.05) is 0 Å². The van der Waals surface area contributed by atoms with E-state index < -0.39 is 0 Å². The molecule has 0 spiro atoms. The normalized spacial score (nSPS) is 23.1. The molecule has 0 heteroatoms. The Morgan fingerprint density at radius 2 is 0.962 bits per heavy atom. The van der Waals surface area contributed by atoms with Gasteiger partial charge in [-0.05, 0) is 36.5 Å². The van der Waals surface area contributed by atoms with E-state index >= 15 is 0 Å². The van der Waals surface area contributed by atoms with Gasteiger partial charge >= 0.3 is 0 Å². The van der Waals surface area contributed by atoms with Gasteiger partial charge in [0.1, 0.15) is 0 Å². The highest BCUT2D eigenvalue weighted by Gasteiger charge is 2.29. The summed E-state index contributed by atoms with van der Waals surface area (Å²) < 4.78 is 0. The van der Waals surface area contributed by atoms with Crippen LogP contribution in [-0.4, -0.2) is 0 Å². The fourth-order valence-corrected chi connectivity index (χ4v) is 5.70. The van der Waals surface area contributed by atoms with Gasteiger partial charge in [0.15, 0.2) is 0 Å². The second-order valence-corrected chi connectivity index (χ2v) is 9.58. The Balaban J connectivity index is 2.56. The van der Waals surface area contributed by atoms with Crippen LogP contribution in [0.4, 0.5) is 0 Å². The van der Waals surface area contributed by atoms with Crippen molar-refractivity contribution in [2.75, 3.05) is 0 Å². The molecule has 156 valence electrons. The summed E-state index contributed by atoms with van der Waals surface area (Å²) in [6, 6.07) is 0. The standard InChI is InChI=1S/C26H52/c1-5-9-11-17-23(15-7-3)21-25-19-13-14-20-26(25)22-24(16-8-4)18-12-10-6-2/h23-26H,5-22H2,1-4H3. The molecular weight excluding hydrogens is 312 g/mol. The molecule has 0 aromatic carbocycles. The second kappa shape index (κ2) is 16.0. The van der Waals surface area contributed by atoms with E-state index in [2.05, 4.69) is 27.7 Å². The highest BCUT2D eigenvalue weighted by Crippen LogP contribution is 2.41. The molecule has 1 fully saturated rings. The van der Waals surface area contributed by atoms with Gasteiger partial charge in [-0.15, -0.1) is 0 Å². The predicted octanol–water partition coefficient (Wildman–Crippen LogP) is 9.57. The summed E-state index contributed by atoms with van der Waals surface area (Å²) in [5, 5.41) is 0. The fourth-order valence-electron chi connectivity index (χ4n) is 5.70. The Hall–Kier alpha value is 0. The third-order valence-corrected chi connectivity index (χ3v) is 7.16. The minimum absolute atomic E-state index is 1.03. The monoisotopic (exact) mass is 364 g/mol. The van der Waals surface area contributed by atoms with Crippen LogP contribution >= 0.6 is 0 Å². The third-order valence-electron chi connectivity index (χ3n) is 7.16. The quantitative estimate of drug-likeness (QED) is 0.239. The molecule has 0 bridgehead atoms. The van der Waals surface area contributed by atoms with Gasteiger partial charge in [-0.25, -0.2) is 0 Å². The maximum Gasteiger partial charge on any atom is -0.0383 e. The van der Waals surface area contributed by atoms with E-state index in [4.69, 9.17) is 0 Å². The van der Waals surface area contributed by atoms with Gasteiger partial charge in [0.05, 0.1) is 0 Å². The van der Waals surface area contributed by atoms with Crippen molar-refractivity contribution in [3.8, 4) is 0 Å². The molecule has 1 rings (SSSR count). The van der Waals surface area contributed by atoms with Crippen LogP contribution < -0.4 is 0 Å². The SMILES string of the molecule is CCCCCC(CCC)CC1CCCCC1CC(CCC)CCCCC. The molecule has 0 saturated heterocycles. The van der Waals surface area contributed by atoms with Crippen LogP contribution in [0.25, 0.3) is 0 Å². The van der Waals surface area contributed by atoms with Gasteiger partial charge in [0.2, 0.25) is 0 Å². The van der Waals surface area contributed by atoms with E-state index in [0.29, 0.717) is 0 Å². The molecule has 0 heterocycles. The first kappa shape index (κ1) is 24.0. The Labute approximate surface area is 167 Å². The largest absolute Gasteiger partial charge is 0.0654 e. The average molecular weight is 365 g/mol. The zero-order valence-electron chi connectivity index (χ0n) is 19.0. The Morgan fingerprint density at radius 1 is 0.538 bits per heavy atom. The lowest BCUT2D eigenvalue weighted by atomic mass is 9.69. The van der Waals surface area contributed by atoms with Gasteiger partial charge in [-0.1, -0.05) is 130 Å². The Morgan fingerprint density at radius 3 is 1.31 bits per heavy atom. The van der Waals surface area contributed by atoms with E-state index in [1.54, 1.807) is 25.7 Å². The van der Waals surface area contributed by atoms with E-state index in [9.17, 15) is 0 Å². The lowest BCUT2D eigenvalue weighted by Crippen LogP contribution is -2.25.